The molecule has 0 amide bonds. The Labute approximate surface area is 147 Å². The molecule has 2 aromatic rings. The van der Waals surface area contributed by atoms with E-state index in [4.69, 9.17) is 4.74 Å². The lowest BCUT2D eigenvalue weighted by atomic mass is 10.1. The quantitative estimate of drug-likeness (QED) is 0.902. The standard InChI is InChI=1S/C19H24N2O2S/c1-14-4-3-5-17(10-14)24-16-6-8-21(9-7-16)13-15-11-18(22)19(23-2)12-20-15/h3-5,10-12,16H,6-9,13H2,1-2H3,(H,20,22). The van der Waals surface area contributed by atoms with Crippen LogP contribution in [0.4, 0.5) is 0 Å². The molecule has 1 aliphatic rings. The van der Waals surface area contributed by atoms with Gasteiger partial charge in [0, 0.05) is 34.6 Å². The number of nitrogens with one attached hydrogen (secondary N) is 1. The van der Waals surface area contributed by atoms with Crippen molar-refractivity contribution in [1.82, 2.24) is 9.88 Å². The molecule has 0 unspecified atom stereocenters. The molecule has 0 radical (unpaired) electrons. The summed E-state index contributed by atoms with van der Waals surface area (Å²) < 4.78 is 5.01. The van der Waals surface area contributed by atoms with Crippen molar-refractivity contribution in [2.24, 2.45) is 0 Å². The summed E-state index contributed by atoms with van der Waals surface area (Å²) >= 11 is 1.99. The lowest BCUT2D eigenvalue weighted by Crippen LogP contribution is -2.34. The van der Waals surface area contributed by atoms with Gasteiger partial charge in [-0.25, -0.2) is 0 Å². The summed E-state index contributed by atoms with van der Waals surface area (Å²) in [5.41, 5.74) is 2.21. The fourth-order valence-electron chi connectivity index (χ4n) is 3.06. The van der Waals surface area contributed by atoms with E-state index in [-0.39, 0.29) is 5.43 Å². The van der Waals surface area contributed by atoms with Crippen molar-refractivity contribution in [3.63, 3.8) is 0 Å². The largest absolute Gasteiger partial charge is 0.491 e. The number of methoxy groups -OCH3 is 1. The molecule has 0 bridgehead atoms. The van der Waals surface area contributed by atoms with Gasteiger partial charge in [-0.1, -0.05) is 17.7 Å². The Morgan fingerprint density at radius 2 is 2.08 bits per heavy atom. The number of likely N-dealkylation sites (tertiary alicyclic amines) is 1. The van der Waals surface area contributed by atoms with Crippen molar-refractivity contribution in [3.8, 4) is 5.75 Å². The second-order valence-corrected chi connectivity index (χ2v) is 7.67. The van der Waals surface area contributed by atoms with E-state index in [9.17, 15) is 4.79 Å². The zero-order valence-electron chi connectivity index (χ0n) is 14.2. The molecule has 3 rings (SSSR count). The first-order valence-electron chi connectivity index (χ1n) is 8.35. The lowest BCUT2D eigenvalue weighted by Gasteiger charge is -2.31. The van der Waals surface area contributed by atoms with E-state index in [1.54, 1.807) is 12.3 Å². The Balaban J connectivity index is 1.52. The van der Waals surface area contributed by atoms with Crippen LogP contribution in [-0.2, 0) is 6.54 Å². The lowest BCUT2D eigenvalue weighted by molar-refractivity contribution is 0.222. The van der Waals surface area contributed by atoms with Crippen molar-refractivity contribution < 1.29 is 4.74 Å². The third-order valence-corrected chi connectivity index (χ3v) is 5.71. The van der Waals surface area contributed by atoms with Gasteiger partial charge in [0.15, 0.2) is 5.75 Å². The van der Waals surface area contributed by atoms with Gasteiger partial charge in [-0.2, -0.15) is 0 Å². The van der Waals surface area contributed by atoms with E-state index in [1.807, 2.05) is 11.8 Å². The first kappa shape index (κ1) is 17.1. The SMILES string of the molecule is COc1c[nH]c(CN2CCC(Sc3cccc(C)c3)CC2)cc1=O. The van der Waals surface area contributed by atoms with Crippen LogP contribution in [0.25, 0.3) is 0 Å². The van der Waals surface area contributed by atoms with Crippen molar-refractivity contribution in [1.29, 1.82) is 0 Å². The predicted molar refractivity (Wildman–Crippen MR) is 98.9 cm³/mol. The van der Waals surface area contributed by atoms with E-state index in [2.05, 4.69) is 41.1 Å². The smallest absolute Gasteiger partial charge is 0.223 e. The number of hydrogen-bond donors (Lipinski definition) is 1. The third-order valence-electron chi connectivity index (χ3n) is 4.38. The number of aryl methyl sites for hydroxylation is 1. The highest BCUT2D eigenvalue weighted by Crippen LogP contribution is 2.31. The first-order valence-corrected chi connectivity index (χ1v) is 9.23. The van der Waals surface area contributed by atoms with Gasteiger partial charge in [0.25, 0.3) is 0 Å². The minimum Gasteiger partial charge on any atom is -0.491 e. The zero-order chi connectivity index (χ0) is 16.9. The average molecular weight is 344 g/mol. The van der Waals surface area contributed by atoms with Gasteiger partial charge in [-0.3, -0.25) is 9.69 Å². The van der Waals surface area contributed by atoms with Gasteiger partial charge in [0.1, 0.15) is 0 Å². The summed E-state index contributed by atoms with van der Waals surface area (Å²) in [4.78, 5) is 18.8. The molecule has 0 aliphatic carbocycles. The Bertz CT molecular complexity index is 736. The molecule has 4 nitrogen and oxygen atoms in total. The number of H-pyrrole nitrogens is 1. The highest BCUT2D eigenvalue weighted by molar-refractivity contribution is 8.00. The zero-order valence-corrected chi connectivity index (χ0v) is 15.1. The second-order valence-electron chi connectivity index (χ2n) is 6.30. The molecule has 2 heterocycles. The number of ether oxygens (including phenoxy) is 1. The molecule has 0 saturated carbocycles. The summed E-state index contributed by atoms with van der Waals surface area (Å²) in [6.45, 7) is 5.07. The number of piperidine rings is 1. The molecule has 5 heteroatoms. The third kappa shape index (κ3) is 4.42. The van der Waals surface area contributed by atoms with Crippen LogP contribution >= 0.6 is 11.8 Å². The fourth-order valence-corrected chi connectivity index (χ4v) is 4.30. The number of rotatable bonds is 5. The van der Waals surface area contributed by atoms with Crippen LogP contribution in [0.15, 0.2) is 46.2 Å². The average Bonchev–Trinajstić information content (AvgIpc) is 2.57. The molecular weight excluding hydrogens is 320 g/mol. The highest BCUT2D eigenvalue weighted by Gasteiger charge is 2.20. The summed E-state index contributed by atoms with van der Waals surface area (Å²) in [6.07, 6.45) is 4.01. The van der Waals surface area contributed by atoms with E-state index in [0.29, 0.717) is 11.0 Å². The van der Waals surface area contributed by atoms with Crippen molar-refractivity contribution in [2.75, 3.05) is 20.2 Å². The van der Waals surface area contributed by atoms with Crippen LogP contribution in [0.5, 0.6) is 5.75 Å². The number of hydrogen-bond acceptors (Lipinski definition) is 4. The molecule has 1 aromatic carbocycles. The summed E-state index contributed by atoms with van der Waals surface area (Å²) in [5.74, 6) is 0.368. The summed E-state index contributed by atoms with van der Waals surface area (Å²) in [6, 6.07) is 10.4. The van der Waals surface area contributed by atoms with Crippen molar-refractivity contribution in [2.45, 2.75) is 36.5 Å². The number of thioether (sulfide) groups is 1. The van der Waals surface area contributed by atoms with Crippen molar-refractivity contribution >= 4 is 11.8 Å². The van der Waals surface area contributed by atoms with E-state index >= 15 is 0 Å². The predicted octanol–water partition coefficient (Wildman–Crippen LogP) is 3.45. The van der Waals surface area contributed by atoms with Gasteiger partial charge < -0.3 is 9.72 Å². The molecule has 1 N–H and O–H groups in total. The number of aromatic amines is 1. The minimum absolute atomic E-state index is 0.0591. The molecular formula is C19H24N2O2S. The summed E-state index contributed by atoms with van der Waals surface area (Å²) in [5, 5.41) is 0.679. The Kier molecular flexibility index (Phi) is 5.63. The molecule has 1 saturated heterocycles. The van der Waals surface area contributed by atoms with E-state index < -0.39 is 0 Å². The van der Waals surface area contributed by atoms with Crippen LogP contribution in [0.3, 0.4) is 0 Å². The minimum atomic E-state index is -0.0591. The van der Waals surface area contributed by atoms with Crippen molar-refractivity contribution in [3.05, 3.63) is 58.0 Å². The summed E-state index contributed by atoms with van der Waals surface area (Å²) in [7, 11) is 1.51. The van der Waals surface area contributed by atoms with Gasteiger partial charge in [-0.05, 0) is 45.0 Å². The Morgan fingerprint density at radius 1 is 1.29 bits per heavy atom. The highest BCUT2D eigenvalue weighted by atomic mass is 32.2. The van der Waals surface area contributed by atoms with Gasteiger partial charge >= 0.3 is 0 Å². The number of aromatic nitrogens is 1. The van der Waals surface area contributed by atoms with Gasteiger partial charge in [-0.15, -0.1) is 11.8 Å². The van der Waals surface area contributed by atoms with Gasteiger partial charge in [0.05, 0.1) is 7.11 Å². The monoisotopic (exact) mass is 344 g/mol. The van der Waals surface area contributed by atoms with E-state index in [0.717, 1.165) is 25.3 Å². The second kappa shape index (κ2) is 7.90. The van der Waals surface area contributed by atoms with Gasteiger partial charge in [0.2, 0.25) is 5.43 Å². The molecule has 128 valence electrons. The molecule has 1 aliphatic heterocycles. The molecule has 0 atom stereocenters. The number of benzene rings is 1. The number of pyridine rings is 1. The van der Waals surface area contributed by atoms with E-state index in [1.165, 1.54) is 30.4 Å². The maximum absolute atomic E-state index is 11.8. The Hall–Kier alpha value is -1.72. The van der Waals surface area contributed by atoms with Crippen LogP contribution in [0.1, 0.15) is 24.1 Å². The molecule has 1 aromatic heterocycles. The molecule has 1 fully saturated rings. The molecule has 24 heavy (non-hydrogen) atoms. The maximum atomic E-state index is 11.8. The normalized spacial score (nSPS) is 16.2. The van der Waals surface area contributed by atoms with Crippen LogP contribution in [-0.4, -0.2) is 35.3 Å². The van der Waals surface area contributed by atoms with Crippen LogP contribution in [0.2, 0.25) is 0 Å². The maximum Gasteiger partial charge on any atom is 0.223 e. The first-order chi connectivity index (χ1) is 11.6. The molecule has 0 spiro atoms. The number of nitrogens with zero attached hydrogens (tertiary/aromatic N) is 1. The van der Waals surface area contributed by atoms with Crippen LogP contribution in [0, 0.1) is 6.92 Å². The van der Waals surface area contributed by atoms with Crippen LogP contribution < -0.4 is 10.2 Å². The fraction of sp³-hybridized carbons (Fsp3) is 0.421. The Morgan fingerprint density at radius 3 is 2.75 bits per heavy atom. The topological polar surface area (TPSA) is 45.3 Å².